The lowest BCUT2D eigenvalue weighted by Gasteiger charge is -2.11. The van der Waals surface area contributed by atoms with Crippen LogP contribution in [-0.2, 0) is 4.79 Å². The molecular formula is C17H27O2-. The Morgan fingerprint density at radius 2 is 1.84 bits per heavy atom. The highest BCUT2D eigenvalue weighted by atomic mass is 16.4. The SMILES string of the molecule is C=CCC/C=C/CC/C=C(\C)CCCC(C)C(=O)[O-]. The van der Waals surface area contributed by atoms with Crippen LogP contribution in [0.15, 0.2) is 36.5 Å². The molecule has 0 saturated heterocycles. The first-order valence-electron chi connectivity index (χ1n) is 7.20. The summed E-state index contributed by atoms with van der Waals surface area (Å²) >= 11 is 0. The van der Waals surface area contributed by atoms with Crippen molar-refractivity contribution < 1.29 is 9.90 Å². The highest BCUT2D eigenvalue weighted by Gasteiger charge is 2.02. The van der Waals surface area contributed by atoms with Gasteiger partial charge in [0.25, 0.3) is 0 Å². The van der Waals surface area contributed by atoms with E-state index in [9.17, 15) is 9.90 Å². The van der Waals surface area contributed by atoms with Crippen LogP contribution in [0.1, 0.15) is 58.8 Å². The van der Waals surface area contributed by atoms with Gasteiger partial charge in [0.2, 0.25) is 0 Å². The van der Waals surface area contributed by atoms with E-state index in [0.29, 0.717) is 6.42 Å². The monoisotopic (exact) mass is 263 g/mol. The van der Waals surface area contributed by atoms with Crippen LogP contribution in [0.4, 0.5) is 0 Å². The van der Waals surface area contributed by atoms with Crippen molar-refractivity contribution in [2.24, 2.45) is 5.92 Å². The molecule has 0 spiro atoms. The Morgan fingerprint density at radius 1 is 1.21 bits per heavy atom. The Hall–Kier alpha value is -1.31. The zero-order valence-electron chi connectivity index (χ0n) is 12.4. The summed E-state index contributed by atoms with van der Waals surface area (Å²) in [5, 5.41) is 10.6. The number of aliphatic carboxylic acids is 1. The van der Waals surface area contributed by atoms with Gasteiger partial charge in [-0.15, -0.1) is 6.58 Å². The van der Waals surface area contributed by atoms with Crippen molar-refractivity contribution in [3.05, 3.63) is 36.5 Å². The molecule has 0 aromatic carbocycles. The number of carboxylic acids is 1. The van der Waals surface area contributed by atoms with E-state index < -0.39 is 5.97 Å². The molecule has 2 heteroatoms. The van der Waals surface area contributed by atoms with E-state index in [0.717, 1.165) is 38.5 Å². The third kappa shape index (κ3) is 11.5. The summed E-state index contributed by atoms with van der Waals surface area (Å²) < 4.78 is 0. The smallest absolute Gasteiger partial charge is 0.0442 e. The molecule has 19 heavy (non-hydrogen) atoms. The summed E-state index contributed by atoms with van der Waals surface area (Å²) in [7, 11) is 0. The fraction of sp³-hybridized carbons (Fsp3) is 0.588. The Morgan fingerprint density at radius 3 is 2.42 bits per heavy atom. The van der Waals surface area contributed by atoms with Crippen LogP contribution in [0.25, 0.3) is 0 Å². The van der Waals surface area contributed by atoms with Crippen molar-refractivity contribution in [3.63, 3.8) is 0 Å². The first-order valence-corrected chi connectivity index (χ1v) is 7.20. The average Bonchev–Trinajstić information content (AvgIpc) is 2.37. The maximum atomic E-state index is 10.6. The summed E-state index contributed by atoms with van der Waals surface area (Å²) in [6.07, 6.45) is 15.5. The minimum Gasteiger partial charge on any atom is -0.550 e. The average molecular weight is 263 g/mol. The quantitative estimate of drug-likeness (QED) is 0.420. The Bertz CT molecular complexity index is 313. The number of allylic oxidation sites excluding steroid dienone is 5. The summed E-state index contributed by atoms with van der Waals surface area (Å²) in [5.41, 5.74) is 1.35. The van der Waals surface area contributed by atoms with E-state index in [2.05, 4.69) is 31.7 Å². The summed E-state index contributed by atoms with van der Waals surface area (Å²) in [6, 6.07) is 0. The molecule has 0 aromatic heterocycles. The second-order valence-corrected chi connectivity index (χ2v) is 5.08. The lowest BCUT2D eigenvalue weighted by molar-refractivity contribution is -0.311. The number of hydrogen-bond acceptors (Lipinski definition) is 2. The van der Waals surface area contributed by atoms with E-state index in [1.165, 1.54) is 5.57 Å². The van der Waals surface area contributed by atoms with Crippen molar-refractivity contribution in [1.82, 2.24) is 0 Å². The number of hydrogen-bond donors (Lipinski definition) is 0. The molecule has 0 aliphatic carbocycles. The maximum Gasteiger partial charge on any atom is 0.0442 e. The van der Waals surface area contributed by atoms with E-state index in [1.807, 2.05) is 6.08 Å². The molecule has 0 amide bonds. The fourth-order valence-electron chi connectivity index (χ4n) is 1.78. The maximum absolute atomic E-state index is 10.6. The lowest BCUT2D eigenvalue weighted by Crippen LogP contribution is -2.29. The van der Waals surface area contributed by atoms with E-state index in [1.54, 1.807) is 6.92 Å². The van der Waals surface area contributed by atoms with E-state index >= 15 is 0 Å². The Labute approximate surface area is 117 Å². The second-order valence-electron chi connectivity index (χ2n) is 5.08. The first kappa shape index (κ1) is 17.7. The number of carbonyl (C=O) groups is 1. The standard InChI is InChI=1S/C17H28O2/c1-4-5-6-7-8-9-10-12-15(2)13-11-14-16(3)17(18)19/h4,7-8,12,16H,1,5-6,9-11,13-14H2,2-3H3,(H,18,19)/p-1/b8-7+,15-12+. The molecule has 0 fully saturated rings. The molecule has 0 aliphatic rings. The van der Waals surface area contributed by atoms with Crippen molar-refractivity contribution in [3.8, 4) is 0 Å². The van der Waals surface area contributed by atoms with Gasteiger partial charge in [0, 0.05) is 5.97 Å². The van der Waals surface area contributed by atoms with Gasteiger partial charge in [-0.05, 0) is 57.8 Å². The molecule has 0 N–H and O–H groups in total. The van der Waals surface area contributed by atoms with E-state index in [-0.39, 0.29) is 5.92 Å². The van der Waals surface area contributed by atoms with Crippen molar-refractivity contribution in [1.29, 1.82) is 0 Å². The van der Waals surface area contributed by atoms with Crippen molar-refractivity contribution in [2.75, 3.05) is 0 Å². The van der Waals surface area contributed by atoms with Gasteiger partial charge in [0.15, 0.2) is 0 Å². The molecule has 0 heterocycles. The summed E-state index contributed by atoms with van der Waals surface area (Å²) in [6.45, 7) is 7.51. The highest BCUT2D eigenvalue weighted by Crippen LogP contribution is 2.13. The van der Waals surface area contributed by atoms with Crippen LogP contribution in [0.5, 0.6) is 0 Å². The Balaban J connectivity index is 3.63. The third-order valence-corrected chi connectivity index (χ3v) is 3.14. The third-order valence-electron chi connectivity index (χ3n) is 3.14. The molecule has 0 radical (unpaired) electrons. The van der Waals surface area contributed by atoms with Gasteiger partial charge in [-0.2, -0.15) is 0 Å². The first-order chi connectivity index (χ1) is 9.07. The molecule has 1 unspecified atom stereocenters. The van der Waals surface area contributed by atoms with Gasteiger partial charge < -0.3 is 9.90 Å². The largest absolute Gasteiger partial charge is 0.550 e. The van der Waals surface area contributed by atoms with Crippen LogP contribution in [0, 0.1) is 5.92 Å². The molecule has 108 valence electrons. The number of carbonyl (C=O) groups excluding carboxylic acids is 1. The summed E-state index contributed by atoms with van der Waals surface area (Å²) in [5.74, 6) is -1.27. The van der Waals surface area contributed by atoms with Gasteiger partial charge in [-0.25, -0.2) is 0 Å². The molecule has 0 saturated carbocycles. The minimum absolute atomic E-state index is 0.333. The summed E-state index contributed by atoms with van der Waals surface area (Å²) in [4.78, 5) is 10.6. The normalized spacial score (nSPS) is 13.7. The van der Waals surface area contributed by atoms with E-state index in [4.69, 9.17) is 0 Å². The van der Waals surface area contributed by atoms with Gasteiger partial charge in [-0.1, -0.05) is 36.8 Å². The van der Waals surface area contributed by atoms with Crippen LogP contribution in [0.3, 0.4) is 0 Å². The topological polar surface area (TPSA) is 40.1 Å². The van der Waals surface area contributed by atoms with Gasteiger partial charge in [0.05, 0.1) is 0 Å². The van der Waals surface area contributed by atoms with Crippen molar-refractivity contribution >= 4 is 5.97 Å². The molecular weight excluding hydrogens is 236 g/mol. The molecule has 0 bridgehead atoms. The molecule has 2 nitrogen and oxygen atoms in total. The molecule has 0 rings (SSSR count). The molecule has 1 atom stereocenters. The molecule has 0 aromatic rings. The number of rotatable bonds is 11. The fourth-order valence-corrected chi connectivity index (χ4v) is 1.78. The second kappa shape index (κ2) is 11.8. The Kier molecular flexibility index (Phi) is 11.0. The highest BCUT2D eigenvalue weighted by molar-refractivity contribution is 5.66. The van der Waals surface area contributed by atoms with Gasteiger partial charge >= 0.3 is 0 Å². The van der Waals surface area contributed by atoms with Crippen molar-refractivity contribution in [2.45, 2.75) is 58.8 Å². The number of unbranched alkanes of at least 4 members (excludes halogenated alkanes) is 2. The lowest BCUT2D eigenvalue weighted by atomic mass is 10.0. The molecule has 0 aliphatic heterocycles. The van der Waals surface area contributed by atoms with Crippen LogP contribution in [0.2, 0.25) is 0 Å². The predicted octanol–water partition coefficient (Wildman–Crippen LogP) is 3.79. The minimum atomic E-state index is -0.939. The number of carboxylic acid groups (broad SMARTS) is 1. The van der Waals surface area contributed by atoms with Crippen LogP contribution in [-0.4, -0.2) is 5.97 Å². The van der Waals surface area contributed by atoms with Crippen LogP contribution >= 0.6 is 0 Å². The van der Waals surface area contributed by atoms with Gasteiger partial charge in [0.1, 0.15) is 0 Å². The predicted molar refractivity (Wildman–Crippen MR) is 79.6 cm³/mol. The zero-order valence-corrected chi connectivity index (χ0v) is 12.4. The van der Waals surface area contributed by atoms with Gasteiger partial charge in [-0.3, -0.25) is 0 Å². The zero-order chi connectivity index (χ0) is 14.5. The van der Waals surface area contributed by atoms with Crippen LogP contribution < -0.4 is 5.11 Å².